The molecule has 148 valence electrons. The molecular weight excluding hydrogens is 347 g/mol. The van der Waals surface area contributed by atoms with Crippen molar-refractivity contribution in [3.05, 3.63) is 0 Å². The smallest absolute Gasteiger partial charge is 0.323 e. The fourth-order valence-electron chi connectivity index (χ4n) is 3.87. The molecule has 3 rings (SSSR count). The first kappa shape index (κ1) is 19.5. The lowest BCUT2D eigenvalue weighted by Crippen LogP contribution is -2.64. The van der Waals surface area contributed by atoms with Gasteiger partial charge in [0.2, 0.25) is 5.91 Å². The van der Waals surface area contributed by atoms with Crippen molar-refractivity contribution >= 4 is 11.9 Å². The number of fused-ring (bicyclic) bond motifs is 2. The van der Waals surface area contributed by atoms with Crippen LogP contribution in [-0.4, -0.2) is 70.1 Å². The molecule has 26 heavy (non-hydrogen) atoms. The van der Waals surface area contributed by atoms with Crippen LogP contribution in [0.1, 0.15) is 25.7 Å². The number of nitrogens with one attached hydrogen (secondary N) is 2. The fraction of sp³-hybridized carbons (Fsp3) is 0.882. The Balaban J connectivity index is 1.44. The Labute approximate surface area is 152 Å². The van der Waals surface area contributed by atoms with Crippen LogP contribution in [0.4, 0.5) is 9.18 Å². The van der Waals surface area contributed by atoms with Crippen molar-refractivity contribution in [1.82, 2.24) is 10.6 Å². The summed E-state index contributed by atoms with van der Waals surface area (Å²) < 4.78 is 36.3. The van der Waals surface area contributed by atoms with Gasteiger partial charge in [-0.1, -0.05) is 0 Å². The first-order valence-electron chi connectivity index (χ1n) is 9.17. The molecule has 2 heterocycles. The van der Waals surface area contributed by atoms with Crippen molar-refractivity contribution in [2.24, 2.45) is 11.8 Å². The lowest BCUT2D eigenvalue weighted by Gasteiger charge is -2.47. The summed E-state index contributed by atoms with van der Waals surface area (Å²) in [6, 6.07) is -0.546. The number of rotatable bonds is 8. The van der Waals surface area contributed by atoms with E-state index in [-0.39, 0.29) is 17.9 Å². The van der Waals surface area contributed by atoms with Crippen molar-refractivity contribution < 1.29 is 32.9 Å². The molecule has 2 saturated heterocycles. The quantitative estimate of drug-likeness (QED) is 0.609. The maximum absolute atomic E-state index is 14.5. The van der Waals surface area contributed by atoms with Crippen molar-refractivity contribution in [2.45, 2.75) is 50.3 Å². The number of carbonyl (C=O) groups excluding carboxylic acids is 2. The number of hydrogen-bond donors (Lipinski definition) is 2. The fourth-order valence-corrected chi connectivity index (χ4v) is 3.87. The third-order valence-electron chi connectivity index (χ3n) is 5.21. The second-order valence-corrected chi connectivity index (χ2v) is 7.02. The lowest BCUT2D eigenvalue weighted by molar-refractivity contribution is -0.182. The zero-order chi connectivity index (χ0) is 18.5. The minimum Gasteiger partial charge on any atom is -0.382 e. The van der Waals surface area contributed by atoms with Crippen LogP contribution in [0.5, 0.6) is 0 Å². The second-order valence-electron chi connectivity index (χ2n) is 7.02. The van der Waals surface area contributed by atoms with E-state index in [4.69, 9.17) is 18.9 Å². The molecule has 3 aliphatic rings. The predicted molar refractivity (Wildman–Crippen MR) is 88.1 cm³/mol. The van der Waals surface area contributed by atoms with Gasteiger partial charge in [-0.25, -0.2) is 9.18 Å². The van der Waals surface area contributed by atoms with Crippen LogP contribution in [0, 0.1) is 11.8 Å². The Kier molecular flexibility index (Phi) is 6.80. The van der Waals surface area contributed by atoms with Crippen molar-refractivity contribution in [1.29, 1.82) is 0 Å². The number of halogens is 1. The molecule has 1 aliphatic carbocycles. The normalized spacial score (nSPS) is 36.7. The zero-order valence-electron chi connectivity index (χ0n) is 14.9. The van der Waals surface area contributed by atoms with E-state index in [2.05, 4.69) is 10.6 Å². The van der Waals surface area contributed by atoms with E-state index in [1.807, 2.05) is 0 Å². The molecule has 8 nitrogen and oxygen atoms in total. The number of carbonyl (C=O) groups is 2. The summed E-state index contributed by atoms with van der Waals surface area (Å²) in [6.45, 7) is 2.04. The second kappa shape index (κ2) is 9.07. The summed E-state index contributed by atoms with van der Waals surface area (Å²) in [4.78, 5) is 23.4. The predicted octanol–water partition coefficient (Wildman–Crippen LogP) is 0.743. The molecule has 0 bridgehead atoms. The summed E-state index contributed by atoms with van der Waals surface area (Å²) >= 11 is 0. The highest BCUT2D eigenvalue weighted by molar-refractivity contribution is 5.98. The number of alkyl halides is 1. The summed E-state index contributed by atoms with van der Waals surface area (Å²) in [5, 5.41) is 4.87. The molecule has 0 aromatic rings. The van der Waals surface area contributed by atoms with Crippen LogP contribution >= 0.6 is 0 Å². The number of amides is 3. The van der Waals surface area contributed by atoms with Gasteiger partial charge in [-0.15, -0.1) is 0 Å². The number of ether oxygens (including phenoxy) is 4. The molecule has 9 heteroatoms. The van der Waals surface area contributed by atoms with Crippen molar-refractivity contribution in [3.63, 3.8) is 0 Å². The summed E-state index contributed by atoms with van der Waals surface area (Å²) in [5.41, 5.74) is 0. The Morgan fingerprint density at radius 2 is 2.00 bits per heavy atom. The lowest BCUT2D eigenvalue weighted by atomic mass is 9.75. The molecule has 0 radical (unpaired) electrons. The number of hydrogen-bond acceptors (Lipinski definition) is 6. The Bertz CT molecular complexity index is 508. The zero-order valence-corrected chi connectivity index (χ0v) is 14.9. The van der Waals surface area contributed by atoms with Gasteiger partial charge in [-0.3, -0.25) is 10.1 Å². The average Bonchev–Trinajstić information content (AvgIpc) is 2.60. The average molecular weight is 374 g/mol. The highest BCUT2D eigenvalue weighted by atomic mass is 19.1. The van der Waals surface area contributed by atoms with Gasteiger partial charge in [0.05, 0.1) is 31.3 Å². The van der Waals surface area contributed by atoms with Crippen LogP contribution in [-0.2, 0) is 23.7 Å². The summed E-state index contributed by atoms with van der Waals surface area (Å²) in [6.07, 6.45) is -0.515. The van der Waals surface area contributed by atoms with E-state index < -0.39 is 30.5 Å². The van der Waals surface area contributed by atoms with Gasteiger partial charge in [0, 0.05) is 26.7 Å². The van der Waals surface area contributed by atoms with Gasteiger partial charge in [0.15, 0.2) is 0 Å². The topological polar surface area (TPSA) is 95.1 Å². The van der Waals surface area contributed by atoms with Gasteiger partial charge >= 0.3 is 6.03 Å². The Morgan fingerprint density at radius 1 is 1.15 bits per heavy atom. The monoisotopic (exact) mass is 374 g/mol. The molecule has 3 fully saturated rings. The van der Waals surface area contributed by atoms with Gasteiger partial charge in [-0.2, -0.15) is 0 Å². The molecule has 0 aromatic carbocycles. The van der Waals surface area contributed by atoms with Crippen LogP contribution in [0.3, 0.4) is 0 Å². The van der Waals surface area contributed by atoms with Crippen LogP contribution < -0.4 is 10.6 Å². The first-order chi connectivity index (χ1) is 12.6. The van der Waals surface area contributed by atoms with Crippen molar-refractivity contribution in [2.75, 3.05) is 33.5 Å². The van der Waals surface area contributed by atoms with Crippen LogP contribution in [0.2, 0.25) is 0 Å². The third kappa shape index (κ3) is 4.70. The third-order valence-corrected chi connectivity index (χ3v) is 5.21. The Hall–Kier alpha value is -1.29. The van der Waals surface area contributed by atoms with E-state index in [1.165, 1.54) is 0 Å². The van der Waals surface area contributed by atoms with E-state index in [9.17, 15) is 14.0 Å². The van der Waals surface area contributed by atoms with Crippen LogP contribution in [0.15, 0.2) is 0 Å². The summed E-state index contributed by atoms with van der Waals surface area (Å²) in [7, 11) is 1.62. The largest absolute Gasteiger partial charge is 0.382 e. The molecular formula is C17H27FN2O6. The minimum absolute atomic E-state index is 0.0378. The van der Waals surface area contributed by atoms with Gasteiger partial charge in [-0.05, 0) is 25.2 Å². The standard InChI is InChI=1S/C17H27FN2O6/c1-23-5-6-24-3-2-4-25-14-9-13-10(8-12(14)18)7-11-15(21)19-17(22)20-16(11)26-13/h10-14,16H,2-9H2,1H3,(H2,19,20,21,22). The molecule has 1 saturated carbocycles. The van der Waals surface area contributed by atoms with E-state index in [0.29, 0.717) is 52.1 Å². The highest BCUT2D eigenvalue weighted by Crippen LogP contribution is 2.40. The van der Waals surface area contributed by atoms with Crippen LogP contribution in [0.25, 0.3) is 0 Å². The molecule has 0 spiro atoms. The highest BCUT2D eigenvalue weighted by Gasteiger charge is 2.49. The van der Waals surface area contributed by atoms with E-state index in [1.54, 1.807) is 7.11 Å². The molecule has 3 amide bonds. The van der Waals surface area contributed by atoms with Gasteiger partial charge in [0.1, 0.15) is 12.4 Å². The number of urea groups is 1. The maximum atomic E-state index is 14.5. The Morgan fingerprint density at radius 3 is 2.81 bits per heavy atom. The molecule has 0 aromatic heterocycles. The molecule has 6 unspecified atom stereocenters. The number of imide groups is 1. The van der Waals surface area contributed by atoms with E-state index >= 15 is 0 Å². The summed E-state index contributed by atoms with van der Waals surface area (Å²) in [5.74, 6) is -0.841. The van der Waals surface area contributed by atoms with Gasteiger partial charge in [0.25, 0.3) is 0 Å². The minimum atomic E-state index is -1.08. The first-order valence-corrected chi connectivity index (χ1v) is 9.17. The SMILES string of the molecule is COCCOCCCOC1CC2OC3NC(=O)NC(=O)C3CC2CC1F. The maximum Gasteiger partial charge on any atom is 0.323 e. The van der Waals surface area contributed by atoms with Gasteiger partial charge < -0.3 is 24.3 Å². The van der Waals surface area contributed by atoms with Crippen molar-refractivity contribution in [3.8, 4) is 0 Å². The number of methoxy groups -OCH3 is 1. The molecule has 2 N–H and O–H groups in total. The van der Waals surface area contributed by atoms with E-state index in [0.717, 1.165) is 0 Å². The molecule has 2 aliphatic heterocycles. The molecule has 6 atom stereocenters.